The molecule has 2 fully saturated rings. The number of cyclic esters (lactones) is 4. The highest BCUT2D eigenvalue weighted by molar-refractivity contribution is 5.87. The Bertz CT molecular complexity index is 1220. The molecule has 0 aromatic heterocycles. The Kier molecular flexibility index (Phi) is 29.6. The molecule has 23 nitrogen and oxygen atoms in total. The fraction of sp³-hybridized carbons (Fsp3) is 0.706. The fourth-order valence-corrected chi connectivity index (χ4v) is 2.52. The van der Waals surface area contributed by atoms with Crippen molar-refractivity contribution >= 4 is 59.7 Å². The van der Waals surface area contributed by atoms with Crippen LogP contribution < -0.4 is 0 Å². The molecule has 0 aromatic carbocycles. The van der Waals surface area contributed by atoms with E-state index in [2.05, 4.69) is 28.4 Å². The molecule has 0 spiro atoms. The summed E-state index contributed by atoms with van der Waals surface area (Å²) < 4.78 is 37.2. The zero-order valence-corrected chi connectivity index (χ0v) is 34.3. The Balaban J connectivity index is -0.000000300. The SMILES string of the molecule is CC(=O)O[C@@H](C)C(=O)OC(C)C.CC(=O)O[C@H](C)C(=O)OC(C)C.CC(O)(O)C(=O)O.C[C@@H]1OC(=O)[C@@H](C)OC1=O.C[C@@H]1OC(=O)[C@H](C)OC1=O.C[C@H](O)C(=O)O. The molecule has 57 heavy (non-hydrogen) atoms. The molecular formula is C34H56O23. The van der Waals surface area contributed by atoms with E-state index < -0.39 is 108 Å². The van der Waals surface area contributed by atoms with Gasteiger partial charge in [-0.2, -0.15) is 0 Å². The van der Waals surface area contributed by atoms with E-state index in [1.165, 1.54) is 62.3 Å². The van der Waals surface area contributed by atoms with Crippen LogP contribution in [0.2, 0.25) is 0 Å². The van der Waals surface area contributed by atoms with Crippen molar-refractivity contribution in [2.24, 2.45) is 0 Å². The molecule has 0 radical (unpaired) electrons. The van der Waals surface area contributed by atoms with Crippen molar-refractivity contribution in [2.45, 2.75) is 158 Å². The van der Waals surface area contributed by atoms with Crippen LogP contribution >= 0.6 is 0 Å². The van der Waals surface area contributed by atoms with E-state index in [4.69, 9.17) is 35.0 Å². The maximum atomic E-state index is 11.0. The summed E-state index contributed by atoms with van der Waals surface area (Å²) in [5, 5.41) is 39.6. The van der Waals surface area contributed by atoms with Gasteiger partial charge in [0.2, 0.25) is 0 Å². The molecule has 5 N–H and O–H groups in total. The molecule has 23 heteroatoms. The molecule has 2 rings (SSSR count). The lowest BCUT2D eigenvalue weighted by molar-refractivity contribution is -0.196. The number of rotatable bonds is 8. The monoisotopic (exact) mass is 832 g/mol. The molecule has 2 heterocycles. The van der Waals surface area contributed by atoms with Gasteiger partial charge in [-0.25, -0.2) is 38.4 Å². The first-order valence-electron chi connectivity index (χ1n) is 16.8. The van der Waals surface area contributed by atoms with Crippen LogP contribution in [0.5, 0.6) is 0 Å². The maximum absolute atomic E-state index is 11.0. The van der Waals surface area contributed by atoms with Crippen molar-refractivity contribution in [3.8, 4) is 0 Å². The van der Waals surface area contributed by atoms with E-state index in [0.29, 0.717) is 0 Å². The van der Waals surface area contributed by atoms with Crippen molar-refractivity contribution in [3.63, 3.8) is 0 Å². The average molecular weight is 833 g/mol. The minimum absolute atomic E-state index is 0.185. The second-order valence-electron chi connectivity index (χ2n) is 12.1. The Labute approximate surface area is 328 Å². The van der Waals surface area contributed by atoms with Gasteiger partial charge in [0.25, 0.3) is 5.79 Å². The highest BCUT2D eigenvalue weighted by Crippen LogP contribution is 2.09. The van der Waals surface area contributed by atoms with E-state index in [9.17, 15) is 47.9 Å². The third kappa shape index (κ3) is 32.5. The topological polar surface area (TPSA) is 346 Å². The third-order valence-electron chi connectivity index (χ3n) is 5.32. The summed E-state index contributed by atoms with van der Waals surface area (Å²) in [5.74, 6) is -9.33. The lowest BCUT2D eigenvalue weighted by Crippen LogP contribution is -2.40. The van der Waals surface area contributed by atoms with Crippen molar-refractivity contribution in [2.75, 3.05) is 0 Å². The smallest absolute Gasteiger partial charge is 0.363 e. The van der Waals surface area contributed by atoms with Crippen LogP contribution in [-0.4, -0.2) is 146 Å². The van der Waals surface area contributed by atoms with Gasteiger partial charge in [-0.15, -0.1) is 0 Å². The first-order valence-corrected chi connectivity index (χ1v) is 16.8. The average Bonchev–Trinajstić information content (AvgIpc) is 3.03. The van der Waals surface area contributed by atoms with Gasteiger partial charge < -0.3 is 63.4 Å². The van der Waals surface area contributed by atoms with Gasteiger partial charge in [0.05, 0.1) is 12.2 Å². The number of hydrogen-bond acceptors (Lipinski definition) is 21. The van der Waals surface area contributed by atoms with E-state index in [-0.39, 0.29) is 12.2 Å². The standard InChI is InChI=1S/2C8H14O4.2C6H8O4.C3H6O4.C3H6O3/c2*1-5(2)11-8(10)6(3)12-7(4)9;2*1-3-5(7)10-4(2)6(8)9-3;1-3(6,7)2(4)5;1-2(4)3(5)6/h2*5-6H,1-4H3;2*3-4H,1-2H3;6-7H,1H3,(H,4,5);2,4H,1H3,(H,5,6)/t2*6-;3-,4+;3-,4-;;2-/m10.0.0/s1. The number of hydrogen-bond donors (Lipinski definition) is 5. The van der Waals surface area contributed by atoms with Crippen LogP contribution in [0.25, 0.3) is 0 Å². The predicted octanol–water partition coefficient (Wildman–Crippen LogP) is -0.270. The molecule has 0 saturated carbocycles. The summed E-state index contributed by atoms with van der Waals surface area (Å²) >= 11 is 0. The zero-order valence-electron chi connectivity index (χ0n) is 34.3. The van der Waals surface area contributed by atoms with Crippen LogP contribution in [0.15, 0.2) is 0 Å². The molecule has 0 unspecified atom stereocenters. The summed E-state index contributed by atoms with van der Waals surface area (Å²) in [6.45, 7) is 20.3. The maximum Gasteiger partial charge on any atom is 0.363 e. The number of aliphatic hydroxyl groups is 3. The van der Waals surface area contributed by atoms with Gasteiger partial charge in [-0.3, -0.25) is 9.59 Å². The number of carboxylic acid groups (broad SMARTS) is 2. The minimum Gasteiger partial charge on any atom is -0.479 e. The van der Waals surface area contributed by atoms with Gasteiger partial charge in [0.1, 0.15) is 6.10 Å². The third-order valence-corrected chi connectivity index (χ3v) is 5.32. The molecule has 2 aliphatic rings. The Morgan fingerprint density at radius 1 is 0.544 bits per heavy atom. The molecular weight excluding hydrogens is 776 g/mol. The molecule has 2 saturated heterocycles. The molecule has 0 amide bonds. The summed E-state index contributed by atoms with van der Waals surface area (Å²) in [7, 11) is 0. The van der Waals surface area contributed by atoms with E-state index in [0.717, 1.165) is 6.92 Å². The van der Waals surface area contributed by atoms with Gasteiger partial charge in [0, 0.05) is 20.8 Å². The van der Waals surface area contributed by atoms with Crippen LogP contribution in [0.1, 0.15) is 96.9 Å². The molecule has 2 aliphatic heterocycles. The van der Waals surface area contributed by atoms with Crippen molar-refractivity contribution in [3.05, 3.63) is 0 Å². The lowest BCUT2D eigenvalue weighted by atomic mass is 10.3. The van der Waals surface area contributed by atoms with E-state index in [1.807, 2.05) is 0 Å². The summed E-state index contributed by atoms with van der Waals surface area (Å²) in [4.78, 5) is 104. The number of carboxylic acids is 2. The van der Waals surface area contributed by atoms with Gasteiger partial charge in [0.15, 0.2) is 36.6 Å². The molecule has 330 valence electrons. The summed E-state index contributed by atoms with van der Waals surface area (Å²) in [5.41, 5.74) is 0. The number of esters is 8. The Morgan fingerprint density at radius 3 is 0.860 bits per heavy atom. The van der Waals surface area contributed by atoms with Crippen molar-refractivity contribution in [1.82, 2.24) is 0 Å². The second-order valence-corrected chi connectivity index (χ2v) is 12.1. The summed E-state index contributed by atoms with van der Waals surface area (Å²) in [6.07, 6.45) is -6.22. The Hall–Kier alpha value is -5.42. The van der Waals surface area contributed by atoms with Crippen LogP contribution in [-0.2, 0) is 85.8 Å². The number of aliphatic carboxylic acids is 2. The summed E-state index contributed by atoms with van der Waals surface area (Å²) in [6, 6.07) is 0. The quantitative estimate of drug-likeness (QED) is 0.119. The number of carbonyl (C=O) groups is 10. The van der Waals surface area contributed by atoms with Crippen molar-refractivity contribution in [1.29, 1.82) is 0 Å². The zero-order chi connectivity index (χ0) is 46.1. The van der Waals surface area contributed by atoms with Gasteiger partial charge >= 0.3 is 59.7 Å². The molecule has 0 aromatic rings. The van der Waals surface area contributed by atoms with Crippen molar-refractivity contribution < 1.29 is 111 Å². The van der Waals surface area contributed by atoms with Crippen LogP contribution in [0.3, 0.4) is 0 Å². The molecule has 0 aliphatic carbocycles. The first kappa shape index (κ1) is 58.3. The van der Waals surface area contributed by atoms with E-state index in [1.54, 1.807) is 27.7 Å². The number of ether oxygens (including phenoxy) is 8. The Morgan fingerprint density at radius 2 is 0.737 bits per heavy atom. The van der Waals surface area contributed by atoms with Crippen LogP contribution in [0, 0.1) is 0 Å². The minimum atomic E-state index is -2.58. The second kappa shape index (κ2) is 28.9. The highest BCUT2D eigenvalue weighted by Gasteiger charge is 2.33. The lowest BCUT2D eigenvalue weighted by Gasteiger charge is -2.22. The fourth-order valence-electron chi connectivity index (χ4n) is 2.52. The molecule has 7 atom stereocenters. The number of carbonyl (C=O) groups excluding carboxylic acids is 8. The normalized spacial score (nSPS) is 19.6. The molecule has 0 bridgehead atoms. The van der Waals surface area contributed by atoms with Crippen LogP contribution in [0.4, 0.5) is 0 Å². The largest absolute Gasteiger partial charge is 0.479 e. The predicted molar refractivity (Wildman–Crippen MR) is 187 cm³/mol. The first-order chi connectivity index (χ1) is 25.7. The number of aliphatic hydroxyl groups excluding tert-OH is 1. The van der Waals surface area contributed by atoms with E-state index >= 15 is 0 Å². The van der Waals surface area contributed by atoms with Gasteiger partial charge in [-0.1, -0.05) is 0 Å². The highest BCUT2D eigenvalue weighted by atomic mass is 16.7. The van der Waals surface area contributed by atoms with Gasteiger partial charge in [-0.05, 0) is 76.2 Å².